The molecule has 0 spiro atoms. The third-order valence-corrected chi connectivity index (χ3v) is 11.6. The van der Waals surface area contributed by atoms with Crippen LogP contribution >= 0.6 is 7.82 Å². The highest BCUT2D eigenvalue weighted by Gasteiger charge is 2.28. The van der Waals surface area contributed by atoms with Gasteiger partial charge in [-0.3, -0.25) is 23.4 Å². The molecule has 0 amide bonds. The van der Waals surface area contributed by atoms with Gasteiger partial charge in [-0.25, -0.2) is 4.57 Å². The highest BCUT2D eigenvalue weighted by molar-refractivity contribution is 7.47. The number of esters is 2. The molecule has 0 rings (SSSR count). The maximum Gasteiger partial charge on any atom is 0.472 e. The summed E-state index contributed by atoms with van der Waals surface area (Å²) in [5.74, 6) is -2.38. The molecule has 0 radical (unpaired) electrons. The Bertz CT molecular complexity index is 1120. The van der Waals surface area contributed by atoms with Crippen molar-refractivity contribution in [3.8, 4) is 0 Å². The van der Waals surface area contributed by atoms with Crippen LogP contribution in [0.2, 0.25) is 0 Å². The first-order valence-electron chi connectivity index (χ1n) is 24.4. The van der Waals surface area contributed by atoms with Gasteiger partial charge in [-0.15, -0.1) is 0 Å². The number of rotatable bonds is 46. The zero-order chi connectivity index (χ0) is 44.2. The molecular weight excluding hydrogens is 781 g/mol. The normalized spacial score (nSPS) is 13.8. The maximum atomic E-state index is 12.7. The Morgan fingerprint density at radius 2 is 0.833 bits per heavy atom. The second kappa shape index (κ2) is 43.6. The number of carboxylic acids is 1. The quantitative estimate of drug-likeness (QED) is 0.0230. The van der Waals surface area contributed by atoms with Gasteiger partial charge < -0.3 is 25.2 Å². The molecule has 0 aromatic carbocycles. The van der Waals surface area contributed by atoms with Crippen molar-refractivity contribution in [2.75, 3.05) is 19.8 Å². The molecule has 352 valence electrons. The van der Waals surface area contributed by atoms with Crippen molar-refractivity contribution in [1.29, 1.82) is 0 Å². The van der Waals surface area contributed by atoms with E-state index in [2.05, 4.69) is 42.7 Å². The van der Waals surface area contributed by atoms with Crippen molar-refractivity contribution < 1.29 is 47.5 Å². The van der Waals surface area contributed by atoms with Crippen LogP contribution in [0.1, 0.15) is 232 Å². The Kier molecular flexibility index (Phi) is 42.1. The van der Waals surface area contributed by atoms with E-state index in [9.17, 15) is 23.8 Å². The molecule has 0 bridgehead atoms. The van der Waals surface area contributed by atoms with Gasteiger partial charge in [0.1, 0.15) is 12.6 Å². The smallest absolute Gasteiger partial charge is 0.472 e. The van der Waals surface area contributed by atoms with Gasteiger partial charge in [0, 0.05) is 12.8 Å². The lowest BCUT2D eigenvalue weighted by atomic mass is 10.0. The number of ether oxygens (including phenoxy) is 2. The molecule has 3 atom stereocenters. The summed E-state index contributed by atoms with van der Waals surface area (Å²) in [6.45, 7) is 2.81. The number of carboxylic acid groups (broad SMARTS) is 1. The van der Waals surface area contributed by atoms with E-state index < -0.39 is 51.1 Å². The van der Waals surface area contributed by atoms with Crippen LogP contribution in [0.25, 0.3) is 0 Å². The summed E-state index contributed by atoms with van der Waals surface area (Å²) in [6.07, 6.45) is 46.7. The lowest BCUT2D eigenvalue weighted by Crippen LogP contribution is -2.34. The molecule has 0 aliphatic rings. The van der Waals surface area contributed by atoms with Crippen LogP contribution in [0, 0.1) is 0 Å². The number of unbranched alkanes of at least 4 members (excludes halogenated alkanes) is 28. The van der Waals surface area contributed by atoms with Crippen molar-refractivity contribution in [2.45, 2.75) is 244 Å². The molecule has 60 heavy (non-hydrogen) atoms. The van der Waals surface area contributed by atoms with E-state index in [1.807, 2.05) is 0 Å². The molecule has 0 aliphatic carbocycles. The average Bonchev–Trinajstić information content (AvgIpc) is 3.22. The van der Waals surface area contributed by atoms with Gasteiger partial charge in [-0.1, -0.05) is 179 Å². The molecule has 4 N–H and O–H groups in total. The number of aliphatic carboxylic acids is 1. The van der Waals surface area contributed by atoms with Crippen LogP contribution in [0.4, 0.5) is 0 Å². The van der Waals surface area contributed by atoms with Crippen LogP contribution in [-0.4, -0.2) is 59.9 Å². The SMILES string of the molecule is CCCCCCCC/C=C\CCCCCCCCCCCCCC(=O)O[C@H](COC(=O)CCCCCCC/C=C\CCCCCCCC)COP(=O)(O)OC[C@H](N)C(=O)O. The van der Waals surface area contributed by atoms with E-state index in [1.54, 1.807) is 0 Å². The molecule has 12 heteroatoms. The number of phosphoric ester groups is 1. The van der Waals surface area contributed by atoms with Crippen molar-refractivity contribution in [2.24, 2.45) is 5.73 Å². The second-order valence-electron chi connectivity index (χ2n) is 16.6. The number of phosphoric acid groups is 1. The topological polar surface area (TPSA) is 172 Å². The van der Waals surface area contributed by atoms with Gasteiger partial charge in [0.05, 0.1) is 13.2 Å². The van der Waals surface area contributed by atoms with Gasteiger partial charge in [-0.05, 0) is 64.2 Å². The first-order chi connectivity index (χ1) is 29.1. The maximum absolute atomic E-state index is 12.7. The van der Waals surface area contributed by atoms with Crippen LogP contribution in [-0.2, 0) is 37.5 Å². The Morgan fingerprint density at radius 1 is 0.500 bits per heavy atom. The zero-order valence-corrected chi connectivity index (χ0v) is 39.2. The molecular formula is C48H90NO10P. The Balaban J connectivity index is 4.26. The average molecular weight is 872 g/mol. The highest BCUT2D eigenvalue weighted by atomic mass is 31.2. The first kappa shape index (κ1) is 58.0. The van der Waals surface area contributed by atoms with Crippen molar-refractivity contribution in [3.63, 3.8) is 0 Å². The third-order valence-electron chi connectivity index (χ3n) is 10.7. The summed E-state index contributed by atoms with van der Waals surface area (Å²) in [5.41, 5.74) is 5.34. The number of hydrogen-bond donors (Lipinski definition) is 3. The summed E-state index contributed by atoms with van der Waals surface area (Å²) in [5, 5.41) is 8.91. The van der Waals surface area contributed by atoms with Crippen LogP contribution in [0.15, 0.2) is 24.3 Å². The van der Waals surface area contributed by atoms with E-state index in [0.29, 0.717) is 12.8 Å². The molecule has 0 aromatic heterocycles. The standard InChI is InChI=1S/C48H90NO10P/c1-3-5-7-9-11-13-15-17-19-20-21-22-23-24-26-28-30-32-34-36-38-40-47(51)59-44(42-57-60(54,55)58-43-45(49)48(52)53)41-56-46(50)39-37-35-33-31-29-27-25-18-16-14-12-10-8-6-4-2/h17-19,25,44-45H,3-16,20-24,26-43,49H2,1-2H3,(H,52,53)(H,54,55)/b19-17-,25-18-/t44-,45+/m1/s1. The summed E-state index contributed by atoms with van der Waals surface area (Å²) in [6, 6.07) is -1.52. The van der Waals surface area contributed by atoms with E-state index in [1.165, 1.54) is 135 Å². The second-order valence-corrected chi connectivity index (χ2v) is 18.0. The van der Waals surface area contributed by atoms with E-state index in [0.717, 1.165) is 57.8 Å². The molecule has 0 aliphatic heterocycles. The highest BCUT2D eigenvalue weighted by Crippen LogP contribution is 2.43. The van der Waals surface area contributed by atoms with Crippen LogP contribution in [0.5, 0.6) is 0 Å². The predicted octanol–water partition coefficient (Wildman–Crippen LogP) is 13.4. The molecule has 0 aromatic rings. The number of nitrogens with two attached hydrogens (primary N) is 1. The molecule has 0 fully saturated rings. The molecule has 0 saturated carbocycles. The van der Waals surface area contributed by atoms with E-state index >= 15 is 0 Å². The Labute approximate surface area is 366 Å². The van der Waals surface area contributed by atoms with Gasteiger partial charge in [0.15, 0.2) is 6.10 Å². The van der Waals surface area contributed by atoms with Crippen LogP contribution in [0.3, 0.4) is 0 Å². The fourth-order valence-electron chi connectivity index (χ4n) is 6.82. The number of carbonyl (C=O) groups is 3. The minimum Gasteiger partial charge on any atom is -0.480 e. The fraction of sp³-hybridized carbons (Fsp3) is 0.854. The van der Waals surface area contributed by atoms with Gasteiger partial charge in [0.25, 0.3) is 0 Å². The summed E-state index contributed by atoms with van der Waals surface area (Å²) < 4.78 is 32.8. The fourth-order valence-corrected chi connectivity index (χ4v) is 7.60. The van der Waals surface area contributed by atoms with Gasteiger partial charge in [-0.2, -0.15) is 0 Å². The van der Waals surface area contributed by atoms with E-state index in [4.69, 9.17) is 24.8 Å². The third kappa shape index (κ3) is 42.6. The zero-order valence-electron chi connectivity index (χ0n) is 38.3. The van der Waals surface area contributed by atoms with Crippen LogP contribution < -0.4 is 5.73 Å². The number of allylic oxidation sites excluding steroid dienone is 4. The Hall–Kier alpha value is -2.04. The van der Waals surface area contributed by atoms with Crippen molar-refractivity contribution in [1.82, 2.24) is 0 Å². The predicted molar refractivity (Wildman–Crippen MR) is 245 cm³/mol. The Morgan fingerprint density at radius 3 is 1.22 bits per heavy atom. The minimum atomic E-state index is -4.72. The lowest BCUT2D eigenvalue weighted by molar-refractivity contribution is -0.161. The summed E-state index contributed by atoms with van der Waals surface area (Å²) in [7, 11) is -4.72. The molecule has 1 unspecified atom stereocenters. The van der Waals surface area contributed by atoms with Crippen molar-refractivity contribution >= 4 is 25.7 Å². The molecule has 0 saturated heterocycles. The number of hydrogen-bond acceptors (Lipinski definition) is 9. The van der Waals surface area contributed by atoms with Crippen molar-refractivity contribution in [3.05, 3.63) is 24.3 Å². The molecule has 11 nitrogen and oxygen atoms in total. The first-order valence-corrected chi connectivity index (χ1v) is 25.9. The monoisotopic (exact) mass is 872 g/mol. The lowest BCUT2D eigenvalue weighted by Gasteiger charge is -2.20. The largest absolute Gasteiger partial charge is 0.480 e. The summed E-state index contributed by atoms with van der Waals surface area (Å²) >= 11 is 0. The van der Waals surface area contributed by atoms with Gasteiger partial charge in [0.2, 0.25) is 0 Å². The summed E-state index contributed by atoms with van der Waals surface area (Å²) in [4.78, 5) is 46.1. The van der Waals surface area contributed by atoms with E-state index in [-0.39, 0.29) is 19.4 Å². The minimum absolute atomic E-state index is 0.161. The van der Waals surface area contributed by atoms with Gasteiger partial charge >= 0.3 is 25.7 Å². The molecule has 0 heterocycles. The number of carbonyl (C=O) groups excluding carboxylic acids is 2.